The molecule has 137 heavy (non-hydrogen) atoms. The van der Waals surface area contributed by atoms with E-state index in [-0.39, 0.29) is 51.4 Å². The largest absolute Gasteiger partial charge is 0.347 e. The Morgan fingerprint density at radius 1 is 0.423 bits per heavy atom. The van der Waals surface area contributed by atoms with Crippen LogP contribution in [0.15, 0.2) is 146 Å². The molecule has 11 amide bonds. The number of benzene rings is 1. The molecule has 38 nitrogen and oxygen atoms in total. The number of nitrogens with zero attached hydrogens (tertiary/aromatic N) is 15. The standard InChI is InChI=1S/C20H25N3O3.C19H17N5O3S.C17H23N3O3.C16H17N3O2.C15H16N4O3.C11H13N3O3/c24-18(22-26)17-2-1-15-11-23(4-3-16(15)21-17)19(25)20-8-12-5-13(9-20)7-14(6-12)10-20;1-11-16(28-18(22-11)15-4-2-3-6-20-15)19(26)24-7-5-14-13(10-24)8-12(9-21-14)17(25)23-27;1-17(8-3-2-4-9-17)16(22)20-10-7-13-12(11-20)5-6-14(18-13)15(21)19-23;20-16(18-21)13-8-14-11-19(7-6-15(14)17-9-13)10-12-4-2-1-3-5-12;1-18-5-2-3-13(18)15(21)19-6-4-10-7-11(14(20)17-22)8-16-12(10)9-19;1-7(15)14-3-2-8-4-9(11(16)13-17)5-12-10(8)6-14/h1-2,12-14,26H,3-11H2,(H,22,24);2-4,6,8-9,27H,5,7,10H2,1H3,(H,23,25);5-6,23H,2-4,7-11H2,1H3,(H,19,21);1-5,8-9,21H,6-7,10-11H2,(H,18,20);2-3,5,7-8,22H,4,6,9H2,1H3,(H,17,20);4-5,17H,2-3,6H2,1H3,(H,13,16). The maximum absolute atomic E-state index is 13.5. The van der Waals surface area contributed by atoms with Crippen molar-refractivity contribution in [3.05, 3.63) is 269 Å². The Morgan fingerprint density at radius 3 is 1.36 bits per heavy atom. The molecule has 716 valence electrons. The molecule has 0 saturated heterocycles. The highest BCUT2D eigenvalue weighted by atomic mass is 32.1. The van der Waals surface area contributed by atoms with Gasteiger partial charge in [0.1, 0.15) is 27.0 Å². The second-order valence-corrected chi connectivity index (χ2v) is 37.6. The molecule has 0 atom stereocenters. The average molecular weight is 1890 g/mol. The molecule has 10 aromatic rings. The lowest BCUT2D eigenvalue weighted by Gasteiger charge is -2.56. The number of pyridine rings is 7. The molecule has 0 spiro atoms. The highest BCUT2D eigenvalue weighted by Gasteiger charge is 2.56. The van der Waals surface area contributed by atoms with Crippen molar-refractivity contribution in [2.24, 2.45) is 35.6 Å². The van der Waals surface area contributed by atoms with E-state index in [0.717, 1.165) is 162 Å². The van der Waals surface area contributed by atoms with E-state index >= 15 is 0 Å². The smallest absolute Gasteiger partial charge is 0.293 e. The van der Waals surface area contributed by atoms with Crippen molar-refractivity contribution < 1.29 is 84.0 Å². The van der Waals surface area contributed by atoms with Gasteiger partial charge in [-0.1, -0.05) is 74.7 Å². The number of carbonyl (C=O) groups is 11. The maximum Gasteiger partial charge on any atom is 0.293 e. The van der Waals surface area contributed by atoms with E-state index in [0.29, 0.717) is 141 Å². The molecule has 0 radical (unpaired) electrons. The van der Waals surface area contributed by atoms with Crippen LogP contribution in [0.2, 0.25) is 0 Å². The SMILES string of the molecule is CC(=O)N1CCc2cc(C(=O)NO)cnc2C1.CC1(C(=O)N2CCc3nc(C(=O)NO)ccc3C2)CCCCC1.Cc1nc(-c2ccccn2)sc1C(=O)N1CCc2ncc(C(=O)NO)cc2C1.Cn1cccc1C(=O)N1CCc2cc(C(=O)NO)cnc2C1.O=C(NO)c1ccc2c(n1)CCN(C(=O)C13CC4CC(CC(C4)C1)C3)C2.O=C(NO)c1cnc2c(c1)CN(Cc1ccccc1)CC2. The summed E-state index contributed by atoms with van der Waals surface area (Å²) in [5, 5.41) is 52.9. The number of hydrogen-bond donors (Lipinski definition) is 12. The van der Waals surface area contributed by atoms with Crippen molar-refractivity contribution in [1.29, 1.82) is 0 Å². The first-order chi connectivity index (χ1) is 66.1. The summed E-state index contributed by atoms with van der Waals surface area (Å²) < 4.78 is 1.79. The fourth-order valence-corrected chi connectivity index (χ4v) is 21.5. The topological polar surface area (TPSA) is 509 Å². The van der Waals surface area contributed by atoms with E-state index in [1.807, 2.05) is 90.6 Å². The van der Waals surface area contributed by atoms with Crippen LogP contribution in [0.4, 0.5) is 0 Å². The molecule has 39 heteroatoms. The van der Waals surface area contributed by atoms with Crippen molar-refractivity contribution in [1.82, 2.24) is 107 Å². The number of hydroxylamine groups is 6. The van der Waals surface area contributed by atoms with Crippen LogP contribution < -0.4 is 32.9 Å². The first-order valence-corrected chi connectivity index (χ1v) is 46.7. The van der Waals surface area contributed by atoms with Gasteiger partial charge in [-0.2, -0.15) is 0 Å². The summed E-state index contributed by atoms with van der Waals surface area (Å²) in [7, 11) is 1.84. The molecule has 11 aliphatic rings. The monoisotopic (exact) mass is 1890 g/mol. The first kappa shape index (κ1) is 97.6. The van der Waals surface area contributed by atoms with Gasteiger partial charge in [0.25, 0.3) is 47.3 Å². The third-order valence-electron chi connectivity index (χ3n) is 27.3. The Bertz CT molecular complexity index is 6160. The van der Waals surface area contributed by atoms with Crippen LogP contribution in [0, 0.1) is 35.5 Å². The summed E-state index contributed by atoms with van der Waals surface area (Å²) in [5.74, 6) is -0.711. The molecule has 5 fully saturated rings. The summed E-state index contributed by atoms with van der Waals surface area (Å²) in [6.45, 7) is 13.5. The lowest BCUT2D eigenvalue weighted by molar-refractivity contribution is -0.158. The molecule has 5 saturated carbocycles. The van der Waals surface area contributed by atoms with Crippen LogP contribution in [-0.4, -0.2) is 209 Å². The van der Waals surface area contributed by atoms with Crippen LogP contribution in [0.25, 0.3) is 10.7 Å². The molecule has 9 aromatic heterocycles. The molecule has 5 aliphatic carbocycles. The van der Waals surface area contributed by atoms with Gasteiger partial charge in [0, 0.05) is 177 Å². The lowest BCUT2D eigenvalue weighted by atomic mass is 9.49. The summed E-state index contributed by atoms with van der Waals surface area (Å²) in [6, 6.07) is 33.3. The molecule has 0 unspecified atom stereocenters. The van der Waals surface area contributed by atoms with Gasteiger partial charge in [0.15, 0.2) is 0 Å². The Balaban J connectivity index is 0.000000126. The number of carbonyl (C=O) groups excluding carboxylic acids is 11. The number of thiazole rings is 1. The Morgan fingerprint density at radius 2 is 0.869 bits per heavy atom. The predicted molar refractivity (Wildman–Crippen MR) is 492 cm³/mol. The van der Waals surface area contributed by atoms with Gasteiger partial charge in [0.2, 0.25) is 17.7 Å². The zero-order valence-corrected chi connectivity index (χ0v) is 77.4. The van der Waals surface area contributed by atoms with Crippen LogP contribution in [0.1, 0.15) is 246 Å². The number of rotatable bonds is 13. The average Bonchev–Trinajstić information content (AvgIpc) is 1.73. The summed E-state index contributed by atoms with van der Waals surface area (Å²) in [5.41, 5.74) is 25.2. The minimum Gasteiger partial charge on any atom is -0.347 e. The quantitative estimate of drug-likeness (QED) is 0.0378. The second kappa shape index (κ2) is 43.8. The van der Waals surface area contributed by atoms with Gasteiger partial charge in [-0.15, -0.1) is 11.3 Å². The zero-order chi connectivity index (χ0) is 96.8. The van der Waals surface area contributed by atoms with E-state index in [9.17, 15) is 52.7 Å². The molecule has 12 N–H and O–H groups in total. The normalized spacial score (nSPS) is 18.7. The molecule has 15 heterocycles. The molecule has 4 bridgehead atoms. The van der Waals surface area contributed by atoms with Crippen molar-refractivity contribution in [3.8, 4) is 10.7 Å². The minimum atomic E-state index is -0.628. The minimum absolute atomic E-state index is 0.0228. The van der Waals surface area contributed by atoms with E-state index in [4.69, 9.17) is 31.2 Å². The van der Waals surface area contributed by atoms with Crippen LogP contribution >= 0.6 is 11.3 Å². The Kier molecular flexibility index (Phi) is 31.2. The van der Waals surface area contributed by atoms with Gasteiger partial charge in [-0.05, 0) is 188 Å². The number of aryl methyl sites for hydroxylation is 2. The van der Waals surface area contributed by atoms with Gasteiger partial charge in [-0.25, -0.2) is 47.8 Å². The number of nitrogens with one attached hydrogen (secondary N) is 6. The van der Waals surface area contributed by atoms with Gasteiger partial charge >= 0.3 is 0 Å². The van der Waals surface area contributed by atoms with Gasteiger partial charge < -0.3 is 29.1 Å². The van der Waals surface area contributed by atoms with E-state index in [1.54, 1.807) is 94.7 Å². The third kappa shape index (κ3) is 22.9. The highest BCUT2D eigenvalue weighted by Crippen LogP contribution is 2.61. The summed E-state index contributed by atoms with van der Waals surface area (Å²) >= 11 is 1.33. The molecule has 21 rings (SSSR count). The summed E-state index contributed by atoms with van der Waals surface area (Å²) in [4.78, 5) is 178. The molecular formula is C98H111N21O17S. The van der Waals surface area contributed by atoms with Crippen molar-refractivity contribution in [2.75, 3.05) is 39.3 Å². The fourth-order valence-electron chi connectivity index (χ4n) is 20.4. The molecule has 1 aromatic carbocycles. The Labute approximate surface area is 793 Å². The highest BCUT2D eigenvalue weighted by molar-refractivity contribution is 7.17. The number of fused-ring (bicyclic) bond motifs is 6. The van der Waals surface area contributed by atoms with Crippen LogP contribution in [0.3, 0.4) is 0 Å². The van der Waals surface area contributed by atoms with Crippen LogP contribution in [-0.2, 0) is 106 Å². The number of hydrogen-bond acceptors (Lipinski definition) is 27. The van der Waals surface area contributed by atoms with E-state index in [2.05, 4.69) is 63.8 Å². The van der Waals surface area contributed by atoms with E-state index in [1.165, 1.54) is 74.3 Å². The van der Waals surface area contributed by atoms with Gasteiger partial charge in [0.05, 0.1) is 63.5 Å². The van der Waals surface area contributed by atoms with Crippen molar-refractivity contribution in [3.63, 3.8) is 0 Å². The van der Waals surface area contributed by atoms with Crippen LogP contribution in [0.5, 0.6) is 0 Å². The summed E-state index contributed by atoms with van der Waals surface area (Å²) in [6.07, 6.45) is 26.1. The second-order valence-electron chi connectivity index (χ2n) is 36.6. The number of amides is 11. The third-order valence-corrected chi connectivity index (χ3v) is 28.5. The molecular weight excluding hydrogens is 1780 g/mol. The first-order valence-electron chi connectivity index (χ1n) is 45.9. The maximum atomic E-state index is 13.5. The predicted octanol–water partition coefficient (Wildman–Crippen LogP) is 9.19. The van der Waals surface area contributed by atoms with Crippen molar-refractivity contribution in [2.45, 2.75) is 176 Å². The molecule has 6 aliphatic heterocycles. The van der Waals surface area contributed by atoms with E-state index < -0.39 is 35.4 Å². The van der Waals surface area contributed by atoms with Crippen molar-refractivity contribution >= 4 is 76.3 Å². The lowest BCUT2D eigenvalue weighted by Crippen LogP contribution is -2.55. The number of aromatic nitrogens is 9. The van der Waals surface area contributed by atoms with Gasteiger partial charge in [-0.3, -0.25) is 114 Å². The fraction of sp³-hybridized carbons (Fsp3) is 0.398. The Hall–Kier alpha value is -13.9. The zero-order valence-electron chi connectivity index (χ0n) is 76.6.